The first-order chi connectivity index (χ1) is 14.1. The van der Waals surface area contributed by atoms with Gasteiger partial charge in [-0.1, -0.05) is 0 Å². The summed E-state index contributed by atoms with van der Waals surface area (Å²) in [6, 6.07) is 4.54. The molecule has 0 fully saturated rings. The van der Waals surface area contributed by atoms with Gasteiger partial charge in [0.1, 0.15) is 0 Å². The zero-order chi connectivity index (χ0) is 22.6. The maximum Gasteiger partial charge on any atom is 0.335 e. The summed E-state index contributed by atoms with van der Waals surface area (Å²) in [5.74, 6) is -4.71. The van der Waals surface area contributed by atoms with Gasteiger partial charge in [-0.05, 0) is 24.3 Å². The molecular formula is C20H18O10. The number of benzene rings is 2. The number of carboxylic acids is 2. The molecule has 0 bridgehead atoms. The predicted molar refractivity (Wildman–Crippen MR) is 102 cm³/mol. The summed E-state index contributed by atoms with van der Waals surface area (Å²) in [6.45, 7) is 2.24. The van der Waals surface area contributed by atoms with Crippen molar-refractivity contribution in [1.29, 1.82) is 0 Å². The smallest absolute Gasteiger partial charge is 0.335 e. The Morgan fingerprint density at radius 3 is 1.23 bits per heavy atom. The number of rotatable bonds is 7. The summed E-state index contributed by atoms with van der Waals surface area (Å²) in [7, 11) is 2.47. The third-order valence-corrected chi connectivity index (χ3v) is 3.83. The van der Waals surface area contributed by atoms with Crippen LogP contribution in [0.1, 0.15) is 34.6 Å². The summed E-state index contributed by atoms with van der Waals surface area (Å²) < 4.78 is 20.7. The van der Waals surface area contributed by atoms with Gasteiger partial charge in [-0.3, -0.25) is 9.59 Å². The second-order valence-corrected chi connectivity index (χ2v) is 5.91. The van der Waals surface area contributed by atoms with Crippen LogP contribution in [-0.4, -0.2) is 48.3 Å². The van der Waals surface area contributed by atoms with Crippen LogP contribution in [0.5, 0.6) is 23.0 Å². The quantitative estimate of drug-likeness (QED) is 0.508. The Balaban J connectivity index is 3.01. The van der Waals surface area contributed by atoms with Gasteiger partial charge in [-0.15, -0.1) is 0 Å². The highest BCUT2D eigenvalue weighted by Crippen LogP contribution is 2.47. The zero-order valence-corrected chi connectivity index (χ0v) is 16.5. The number of hydrogen-bond acceptors (Lipinski definition) is 8. The minimum atomic E-state index is -1.32. The molecule has 0 aliphatic carbocycles. The van der Waals surface area contributed by atoms with Gasteiger partial charge in [0, 0.05) is 25.0 Å². The molecule has 2 aromatic carbocycles. The minimum absolute atomic E-state index is 0.0559. The molecule has 0 aromatic heterocycles. The number of hydrogen-bond donors (Lipinski definition) is 2. The Kier molecular flexibility index (Phi) is 6.62. The van der Waals surface area contributed by atoms with E-state index in [1.54, 1.807) is 0 Å². The van der Waals surface area contributed by atoms with E-state index in [4.69, 9.17) is 18.9 Å². The van der Waals surface area contributed by atoms with Crippen molar-refractivity contribution in [2.75, 3.05) is 14.2 Å². The molecule has 2 N–H and O–H groups in total. The zero-order valence-electron chi connectivity index (χ0n) is 16.5. The van der Waals surface area contributed by atoms with Crippen LogP contribution in [-0.2, 0) is 9.59 Å². The highest BCUT2D eigenvalue weighted by molar-refractivity contribution is 5.97. The molecule has 2 aromatic rings. The van der Waals surface area contributed by atoms with Crippen molar-refractivity contribution in [1.82, 2.24) is 0 Å². The molecule has 0 amide bonds. The Hall–Kier alpha value is -4.08. The Bertz CT molecular complexity index is 955. The van der Waals surface area contributed by atoms with E-state index >= 15 is 0 Å². The van der Waals surface area contributed by atoms with Crippen molar-refractivity contribution < 1.29 is 48.3 Å². The lowest BCUT2D eigenvalue weighted by molar-refractivity contribution is -0.133. The van der Waals surface area contributed by atoms with Crippen molar-refractivity contribution in [2.24, 2.45) is 0 Å². The number of ether oxygens (including phenoxy) is 4. The highest BCUT2D eigenvalue weighted by atomic mass is 16.6. The lowest BCUT2D eigenvalue weighted by atomic mass is 9.97. The van der Waals surface area contributed by atoms with Crippen molar-refractivity contribution in [3.63, 3.8) is 0 Å². The molecule has 10 heteroatoms. The SMILES string of the molecule is COc1cc(C(=O)O)cc(-c2cc(C(=O)O)cc(OC)c2OC(C)=O)c1OC(C)=O. The van der Waals surface area contributed by atoms with Crippen LogP contribution in [0.2, 0.25) is 0 Å². The predicted octanol–water partition coefficient (Wildman–Crippen LogP) is 2.62. The van der Waals surface area contributed by atoms with Crippen LogP contribution >= 0.6 is 0 Å². The molecular weight excluding hydrogens is 400 g/mol. The first-order valence-electron chi connectivity index (χ1n) is 8.36. The largest absolute Gasteiger partial charge is 0.493 e. The Morgan fingerprint density at radius 2 is 1.00 bits per heavy atom. The standard InChI is InChI=1S/C20H18O10/c1-9(21)29-17-13(5-11(19(23)24)7-15(17)27-3)14-6-12(20(25)26)8-16(28-4)18(14)30-10(2)22/h5-8H,1-4H3,(H,23,24)(H,25,26). The molecule has 0 aliphatic heterocycles. The number of carboxylic acid groups (broad SMARTS) is 2. The van der Waals surface area contributed by atoms with Crippen LogP contribution in [0.3, 0.4) is 0 Å². The van der Waals surface area contributed by atoms with Gasteiger partial charge in [-0.2, -0.15) is 0 Å². The molecule has 0 heterocycles. The maximum atomic E-state index is 11.6. The van der Waals surface area contributed by atoms with Crippen molar-refractivity contribution in [2.45, 2.75) is 13.8 Å². The lowest BCUT2D eigenvalue weighted by Crippen LogP contribution is -2.09. The van der Waals surface area contributed by atoms with Crippen LogP contribution in [0.15, 0.2) is 24.3 Å². The summed E-state index contributed by atoms with van der Waals surface area (Å²) in [4.78, 5) is 46.5. The number of esters is 2. The van der Waals surface area contributed by atoms with Crippen molar-refractivity contribution in [3.8, 4) is 34.1 Å². The molecule has 0 unspecified atom stereocenters. The molecule has 0 saturated carbocycles. The van der Waals surface area contributed by atoms with Gasteiger partial charge >= 0.3 is 23.9 Å². The van der Waals surface area contributed by atoms with E-state index in [0.717, 1.165) is 38.1 Å². The molecule has 10 nitrogen and oxygen atoms in total. The minimum Gasteiger partial charge on any atom is -0.493 e. The van der Waals surface area contributed by atoms with Crippen LogP contribution < -0.4 is 18.9 Å². The van der Waals surface area contributed by atoms with E-state index in [2.05, 4.69) is 0 Å². The molecule has 0 spiro atoms. The van der Waals surface area contributed by atoms with Crippen LogP contribution in [0.25, 0.3) is 11.1 Å². The third kappa shape index (κ3) is 4.66. The van der Waals surface area contributed by atoms with Gasteiger partial charge in [0.2, 0.25) is 0 Å². The van der Waals surface area contributed by atoms with Gasteiger partial charge in [0.25, 0.3) is 0 Å². The van der Waals surface area contributed by atoms with Gasteiger partial charge in [0.05, 0.1) is 25.3 Å². The van der Waals surface area contributed by atoms with Gasteiger partial charge in [-0.25, -0.2) is 9.59 Å². The van der Waals surface area contributed by atoms with Gasteiger partial charge < -0.3 is 29.2 Å². The van der Waals surface area contributed by atoms with Crippen LogP contribution in [0, 0.1) is 0 Å². The second-order valence-electron chi connectivity index (χ2n) is 5.91. The normalized spacial score (nSPS) is 10.1. The van der Waals surface area contributed by atoms with Crippen molar-refractivity contribution in [3.05, 3.63) is 35.4 Å². The second kappa shape index (κ2) is 8.95. The molecule has 0 radical (unpaired) electrons. The first-order valence-corrected chi connectivity index (χ1v) is 8.36. The van der Waals surface area contributed by atoms with E-state index in [0.29, 0.717) is 0 Å². The number of carbonyl (C=O) groups is 4. The maximum absolute atomic E-state index is 11.6. The topological polar surface area (TPSA) is 146 Å². The highest BCUT2D eigenvalue weighted by Gasteiger charge is 2.26. The molecule has 30 heavy (non-hydrogen) atoms. The molecule has 0 saturated heterocycles. The average molecular weight is 418 g/mol. The van der Waals surface area contributed by atoms with E-state index in [1.807, 2.05) is 0 Å². The molecule has 0 aliphatic rings. The fourth-order valence-corrected chi connectivity index (χ4v) is 2.65. The summed E-state index contributed by atoms with van der Waals surface area (Å²) in [5.41, 5.74) is -0.600. The van der Waals surface area contributed by atoms with E-state index in [-0.39, 0.29) is 45.3 Å². The Labute approximate surface area is 170 Å². The Morgan fingerprint density at radius 1 is 0.667 bits per heavy atom. The van der Waals surface area contributed by atoms with Crippen LogP contribution in [0.4, 0.5) is 0 Å². The number of carbonyl (C=O) groups excluding carboxylic acids is 2. The molecule has 2 rings (SSSR count). The first kappa shape index (κ1) is 22.2. The summed E-state index contributed by atoms with van der Waals surface area (Å²) >= 11 is 0. The summed E-state index contributed by atoms with van der Waals surface area (Å²) in [6.07, 6.45) is 0. The number of aromatic carboxylic acids is 2. The van der Waals surface area contributed by atoms with E-state index in [9.17, 15) is 29.4 Å². The fraction of sp³-hybridized carbons (Fsp3) is 0.200. The number of methoxy groups -OCH3 is 2. The van der Waals surface area contributed by atoms with Gasteiger partial charge in [0.15, 0.2) is 23.0 Å². The summed E-state index contributed by atoms with van der Waals surface area (Å²) in [5, 5.41) is 18.9. The van der Waals surface area contributed by atoms with Crippen molar-refractivity contribution >= 4 is 23.9 Å². The molecule has 0 atom stereocenters. The fourth-order valence-electron chi connectivity index (χ4n) is 2.65. The average Bonchev–Trinajstić information content (AvgIpc) is 2.67. The molecule has 158 valence electrons. The van der Waals surface area contributed by atoms with E-state index in [1.165, 1.54) is 14.2 Å². The van der Waals surface area contributed by atoms with E-state index < -0.39 is 23.9 Å². The third-order valence-electron chi connectivity index (χ3n) is 3.83. The lowest BCUT2D eigenvalue weighted by Gasteiger charge is -2.18. The monoisotopic (exact) mass is 418 g/mol.